The maximum absolute atomic E-state index is 13.2. The summed E-state index contributed by atoms with van der Waals surface area (Å²) >= 11 is 0. The van der Waals surface area contributed by atoms with Gasteiger partial charge in [0.25, 0.3) is 0 Å². The number of carbonyl (C=O) groups is 2. The number of amides is 2. The molecule has 2 aromatic rings. The van der Waals surface area contributed by atoms with E-state index in [9.17, 15) is 14.7 Å². The standard InChI is InChI=1S/C21H22N2O4/c1-21-12-16(15-4-2-3-5-17(15)27-21)18(19(22)25)20(26)23(21)11-10-13-6-8-14(24)9-7-13/h2-9,16,18,24H,10-12H2,1H3,(H2,22,25)/t16-,18+,21-/m0/s1. The van der Waals surface area contributed by atoms with Crippen LogP contribution >= 0.6 is 0 Å². The zero-order chi connectivity index (χ0) is 19.2. The molecule has 0 aliphatic carbocycles. The number of hydrogen-bond donors (Lipinski definition) is 2. The molecule has 6 nitrogen and oxygen atoms in total. The van der Waals surface area contributed by atoms with E-state index in [1.165, 1.54) is 0 Å². The molecule has 140 valence electrons. The zero-order valence-corrected chi connectivity index (χ0v) is 15.1. The average molecular weight is 366 g/mol. The molecular formula is C21H22N2O4. The van der Waals surface area contributed by atoms with Crippen LogP contribution in [-0.2, 0) is 16.0 Å². The van der Waals surface area contributed by atoms with E-state index >= 15 is 0 Å². The predicted molar refractivity (Wildman–Crippen MR) is 99.0 cm³/mol. The van der Waals surface area contributed by atoms with Gasteiger partial charge in [-0.15, -0.1) is 0 Å². The number of hydrogen-bond acceptors (Lipinski definition) is 4. The van der Waals surface area contributed by atoms with Crippen molar-refractivity contribution in [2.75, 3.05) is 6.54 Å². The Morgan fingerprint density at radius 2 is 1.96 bits per heavy atom. The number of benzene rings is 2. The van der Waals surface area contributed by atoms with Gasteiger partial charge in [-0.05, 0) is 42.7 Å². The minimum absolute atomic E-state index is 0.198. The summed E-state index contributed by atoms with van der Waals surface area (Å²) in [4.78, 5) is 27.0. The van der Waals surface area contributed by atoms with Gasteiger partial charge in [-0.1, -0.05) is 30.3 Å². The highest BCUT2D eigenvalue weighted by molar-refractivity contribution is 6.01. The molecule has 6 heteroatoms. The highest BCUT2D eigenvalue weighted by atomic mass is 16.5. The summed E-state index contributed by atoms with van der Waals surface area (Å²) in [5, 5.41) is 9.43. The highest BCUT2D eigenvalue weighted by Gasteiger charge is 2.55. The largest absolute Gasteiger partial charge is 0.508 e. The van der Waals surface area contributed by atoms with Crippen molar-refractivity contribution in [3.05, 3.63) is 59.7 Å². The first-order chi connectivity index (χ1) is 12.9. The molecule has 0 aromatic heterocycles. The lowest BCUT2D eigenvalue weighted by molar-refractivity contribution is -0.175. The number of ether oxygens (including phenoxy) is 1. The van der Waals surface area contributed by atoms with Gasteiger partial charge in [-0.2, -0.15) is 0 Å². The van der Waals surface area contributed by atoms with E-state index < -0.39 is 17.6 Å². The first-order valence-electron chi connectivity index (χ1n) is 9.06. The number of primary amides is 1. The Hall–Kier alpha value is -3.02. The van der Waals surface area contributed by atoms with Gasteiger partial charge in [0.1, 0.15) is 17.4 Å². The van der Waals surface area contributed by atoms with Crippen molar-refractivity contribution >= 4 is 11.8 Å². The van der Waals surface area contributed by atoms with E-state index in [0.717, 1.165) is 11.1 Å². The topological polar surface area (TPSA) is 92.9 Å². The summed E-state index contributed by atoms with van der Waals surface area (Å²) in [7, 11) is 0. The van der Waals surface area contributed by atoms with Crippen molar-refractivity contribution in [3.8, 4) is 11.5 Å². The second-order valence-corrected chi connectivity index (χ2v) is 7.41. The second kappa shape index (κ2) is 6.30. The molecule has 1 fully saturated rings. The van der Waals surface area contributed by atoms with Gasteiger partial charge in [0, 0.05) is 18.9 Å². The number of para-hydroxylation sites is 1. The number of rotatable bonds is 4. The molecule has 2 heterocycles. The summed E-state index contributed by atoms with van der Waals surface area (Å²) in [6.45, 7) is 2.29. The zero-order valence-electron chi connectivity index (χ0n) is 15.1. The molecule has 2 aromatic carbocycles. The van der Waals surface area contributed by atoms with Gasteiger partial charge in [0.15, 0.2) is 5.72 Å². The van der Waals surface area contributed by atoms with Crippen molar-refractivity contribution in [3.63, 3.8) is 0 Å². The quantitative estimate of drug-likeness (QED) is 0.811. The third kappa shape index (κ3) is 2.91. The van der Waals surface area contributed by atoms with E-state index in [1.807, 2.05) is 43.3 Å². The molecule has 3 N–H and O–H groups in total. The maximum Gasteiger partial charge on any atom is 0.238 e. The Morgan fingerprint density at radius 3 is 2.67 bits per heavy atom. The van der Waals surface area contributed by atoms with Crippen LogP contribution in [-0.4, -0.2) is 34.1 Å². The van der Waals surface area contributed by atoms with E-state index in [4.69, 9.17) is 10.5 Å². The molecule has 2 aliphatic rings. The van der Waals surface area contributed by atoms with Gasteiger partial charge in [-0.3, -0.25) is 9.59 Å². The van der Waals surface area contributed by atoms with Gasteiger partial charge in [0.05, 0.1) is 0 Å². The number of carbonyl (C=O) groups excluding carboxylic acids is 2. The molecule has 0 radical (unpaired) electrons. The monoisotopic (exact) mass is 366 g/mol. The fraction of sp³-hybridized carbons (Fsp3) is 0.333. The molecule has 27 heavy (non-hydrogen) atoms. The van der Waals surface area contributed by atoms with Crippen LogP contribution in [0, 0.1) is 5.92 Å². The Bertz CT molecular complexity index is 895. The predicted octanol–water partition coefficient (Wildman–Crippen LogP) is 2.16. The van der Waals surface area contributed by atoms with Crippen LogP contribution in [0.2, 0.25) is 0 Å². The molecule has 0 saturated carbocycles. The highest BCUT2D eigenvalue weighted by Crippen LogP contribution is 2.49. The maximum atomic E-state index is 13.2. The molecular weight excluding hydrogens is 344 g/mol. The Morgan fingerprint density at radius 1 is 1.26 bits per heavy atom. The summed E-state index contributed by atoms with van der Waals surface area (Å²) in [5.41, 5.74) is 6.65. The van der Waals surface area contributed by atoms with Crippen LogP contribution in [0.3, 0.4) is 0 Å². The van der Waals surface area contributed by atoms with Gasteiger partial charge < -0.3 is 20.5 Å². The number of nitrogens with two attached hydrogens (primary N) is 1. The lowest BCUT2D eigenvalue weighted by atomic mass is 9.73. The van der Waals surface area contributed by atoms with Crippen molar-refractivity contribution in [1.82, 2.24) is 4.90 Å². The normalized spacial score (nSPS) is 26.3. The minimum Gasteiger partial charge on any atom is -0.508 e. The number of fused-ring (bicyclic) bond motifs is 4. The summed E-state index contributed by atoms with van der Waals surface area (Å²) < 4.78 is 6.22. The second-order valence-electron chi connectivity index (χ2n) is 7.41. The van der Waals surface area contributed by atoms with Crippen LogP contribution in [0.15, 0.2) is 48.5 Å². The first kappa shape index (κ1) is 17.4. The number of aromatic hydroxyl groups is 1. The number of nitrogens with zero attached hydrogens (tertiary/aromatic N) is 1. The molecule has 0 unspecified atom stereocenters. The van der Waals surface area contributed by atoms with Crippen molar-refractivity contribution in [2.24, 2.45) is 11.7 Å². The fourth-order valence-corrected chi connectivity index (χ4v) is 4.28. The number of phenolic OH excluding ortho intramolecular Hbond substituents is 1. The van der Waals surface area contributed by atoms with Crippen molar-refractivity contribution < 1.29 is 19.4 Å². The van der Waals surface area contributed by atoms with Gasteiger partial charge in [0.2, 0.25) is 11.8 Å². The average Bonchev–Trinajstić information content (AvgIpc) is 2.62. The smallest absolute Gasteiger partial charge is 0.238 e. The first-order valence-corrected chi connectivity index (χ1v) is 9.06. The summed E-state index contributed by atoms with van der Waals surface area (Å²) in [5.74, 6) is -1.14. The van der Waals surface area contributed by atoms with Crippen LogP contribution < -0.4 is 10.5 Å². The third-order valence-electron chi connectivity index (χ3n) is 5.62. The number of phenols is 1. The number of likely N-dealkylation sites (tertiary alicyclic amines) is 1. The molecule has 2 amide bonds. The van der Waals surface area contributed by atoms with Gasteiger partial charge >= 0.3 is 0 Å². The Balaban J connectivity index is 1.67. The Labute approximate surface area is 157 Å². The van der Waals surface area contributed by atoms with Crippen molar-refractivity contribution in [1.29, 1.82) is 0 Å². The third-order valence-corrected chi connectivity index (χ3v) is 5.62. The van der Waals surface area contributed by atoms with Crippen LogP contribution in [0.25, 0.3) is 0 Å². The van der Waals surface area contributed by atoms with E-state index in [2.05, 4.69) is 0 Å². The van der Waals surface area contributed by atoms with Crippen LogP contribution in [0.5, 0.6) is 11.5 Å². The lowest BCUT2D eigenvalue weighted by Crippen LogP contribution is -2.64. The van der Waals surface area contributed by atoms with Crippen molar-refractivity contribution in [2.45, 2.75) is 31.4 Å². The molecule has 1 saturated heterocycles. The SMILES string of the molecule is C[C@@]12C[C@@H](c3ccccc3O1)[C@H](C(N)=O)C(=O)N2CCc1ccc(O)cc1. The molecule has 2 bridgehead atoms. The van der Waals surface area contributed by atoms with E-state index in [0.29, 0.717) is 25.1 Å². The number of piperidine rings is 1. The lowest BCUT2D eigenvalue weighted by Gasteiger charge is -2.52. The molecule has 0 spiro atoms. The molecule has 2 aliphatic heterocycles. The van der Waals surface area contributed by atoms with Crippen LogP contribution in [0.4, 0.5) is 0 Å². The van der Waals surface area contributed by atoms with Crippen LogP contribution in [0.1, 0.15) is 30.4 Å². The summed E-state index contributed by atoms with van der Waals surface area (Å²) in [6.07, 6.45) is 1.11. The molecule has 4 rings (SSSR count). The van der Waals surface area contributed by atoms with E-state index in [-0.39, 0.29) is 17.6 Å². The van der Waals surface area contributed by atoms with E-state index in [1.54, 1.807) is 17.0 Å². The minimum atomic E-state index is -0.886. The fourth-order valence-electron chi connectivity index (χ4n) is 4.28. The molecule has 3 atom stereocenters. The Kier molecular flexibility index (Phi) is 4.06. The van der Waals surface area contributed by atoms with Gasteiger partial charge in [-0.25, -0.2) is 0 Å². The summed E-state index contributed by atoms with van der Waals surface area (Å²) in [6, 6.07) is 14.4.